The van der Waals surface area contributed by atoms with Crippen LogP contribution in [0, 0.1) is 6.92 Å². The molecule has 1 aromatic rings. The Morgan fingerprint density at radius 2 is 2.17 bits per heavy atom. The number of rotatable bonds is 0. The minimum atomic E-state index is -0.186. The monoisotopic (exact) mass is 269 g/mol. The molecule has 1 aromatic heterocycles. The number of fused-ring (bicyclic) bond motifs is 3. The van der Waals surface area contributed by atoms with Gasteiger partial charge in [-0.05, 0) is 32.4 Å². The molecular weight excluding hydrogens is 254 g/mol. The van der Waals surface area contributed by atoms with Crippen LogP contribution in [0.15, 0.2) is 0 Å². The number of nitrogens with zero attached hydrogens (tertiary/aromatic N) is 3. The van der Waals surface area contributed by atoms with Gasteiger partial charge in [0, 0.05) is 0 Å². The van der Waals surface area contributed by atoms with Crippen LogP contribution in [0.4, 0.5) is 5.82 Å². The second kappa shape index (κ2) is 3.96. The molecule has 3 rings (SSSR count). The summed E-state index contributed by atoms with van der Waals surface area (Å²) in [6.45, 7) is 8.04. The predicted octanol–water partition coefficient (Wildman–Crippen LogP) is 1.81. The van der Waals surface area contributed by atoms with Crippen molar-refractivity contribution in [2.75, 3.05) is 24.7 Å². The van der Waals surface area contributed by atoms with E-state index in [2.05, 4.69) is 28.7 Å². The number of aryl methyl sites for hydroxylation is 1. The first-order valence-electron chi connectivity index (χ1n) is 6.05. The number of morpholine rings is 1. The van der Waals surface area contributed by atoms with E-state index in [4.69, 9.17) is 21.1 Å². The second-order valence-electron chi connectivity index (χ2n) is 5.25. The molecule has 2 aliphatic rings. The van der Waals surface area contributed by atoms with Crippen molar-refractivity contribution in [3.63, 3.8) is 0 Å². The Labute approximate surface area is 111 Å². The van der Waals surface area contributed by atoms with Gasteiger partial charge in [0.25, 0.3) is 0 Å². The minimum absolute atomic E-state index is 0.186. The maximum Gasteiger partial charge on any atom is 0.224 e. The fraction of sp³-hybridized carbons (Fsp3) is 0.667. The quantitative estimate of drug-likeness (QED) is 0.673. The summed E-state index contributed by atoms with van der Waals surface area (Å²) in [5, 5.41) is 0.262. The first kappa shape index (κ1) is 12.0. The summed E-state index contributed by atoms with van der Waals surface area (Å²) in [5.41, 5.74) is 0.597. The number of hydrogen-bond acceptors (Lipinski definition) is 5. The molecule has 6 heteroatoms. The van der Waals surface area contributed by atoms with Crippen LogP contribution in [0.1, 0.15) is 19.5 Å². The number of hydrogen-bond donors (Lipinski definition) is 0. The fourth-order valence-electron chi connectivity index (χ4n) is 2.78. The molecule has 0 unspecified atom stereocenters. The number of aromatic nitrogens is 2. The van der Waals surface area contributed by atoms with Crippen LogP contribution in [-0.2, 0) is 4.74 Å². The van der Waals surface area contributed by atoms with E-state index in [-0.39, 0.29) is 16.9 Å². The third-order valence-corrected chi connectivity index (χ3v) is 3.71. The maximum absolute atomic E-state index is 5.97. The van der Waals surface area contributed by atoms with E-state index in [0.717, 1.165) is 17.3 Å². The van der Waals surface area contributed by atoms with E-state index in [1.807, 2.05) is 6.92 Å². The molecule has 0 aliphatic carbocycles. The van der Waals surface area contributed by atoms with Crippen LogP contribution in [0.2, 0.25) is 5.28 Å². The molecule has 98 valence electrons. The van der Waals surface area contributed by atoms with Gasteiger partial charge in [0.15, 0.2) is 11.6 Å². The van der Waals surface area contributed by atoms with Crippen LogP contribution in [-0.4, -0.2) is 41.4 Å². The summed E-state index contributed by atoms with van der Waals surface area (Å²) in [6.07, 6.45) is 0. The Balaban J connectivity index is 2.15. The molecule has 0 spiro atoms. The Bertz CT molecular complexity index is 496. The molecule has 2 atom stereocenters. The molecule has 0 saturated carbocycles. The van der Waals surface area contributed by atoms with Crippen molar-refractivity contribution in [1.29, 1.82) is 0 Å². The zero-order chi connectivity index (χ0) is 12.9. The predicted molar refractivity (Wildman–Crippen MR) is 68.4 cm³/mol. The van der Waals surface area contributed by atoms with Crippen molar-refractivity contribution in [2.45, 2.75) is 32.4 Å². The fourth-order valence-corrected chi connectivity index (χ4v) is 2.98. The number of ether oxygens (including phenoxy) is 2. The van der Waals surface area contributed by atoms with Crippen LogP contribution in [0.5, 0.6) is 5.75 Å². The standard InChI is InChI=1S/C12H16ClN3O2/c1-7-4-17-5-12(3)6-18-9-8(2)14-11(13)15-10(9)16(7)12/h7H,4-6H2,1-3H3/t7-,12+/m1/s1. The normalized spacial score (nSPS) is 30.4. The summed E-state index contributed by atoms with van der Waals surface area (Å²) >= 11 is 5.97. The number of anilines is 1. The molecule has 0 radical (unpaired) electrons. The van der Waals surface area contributed by atoms with Crippen LogP contribution in [0.3, 0.4) is 0 Å². The zero-order valence-electron chi connectivity index (χ0n) is 10.7. The van der Waals surface area contributed by atoms with Gasteiger partial charge in [-0.25, -0.2) is 4.98 Å². The Morgan fingerprint density at radius 3 is 2.94 bits per heavy atom. The van der Waals surface area contributed by atoms with Crippen molar-refractivity contribution >= 4 is 17.4 Å². The van der Waals surface area contributed by atoms with Crippen molar-refractivity contribution in [3.8, 4) is 5.75 Å². The van der Waals surface area contributed by atoms with Crippen molar-refractivity contribution in [2.24, 2.45) is 0 Å². The Morgan fingerprint density at radius 1 is 1.39 bits per heavy atom. The van der Waals surface area contributed by atoms with E-state index < -0.39 is 0 Å². The van der Waals surface area contributed by atoms with Crippen molar-refractivity contribution in [1.82, 2.24) is 9.97 Å². The Kier molecular flexibility index (Phi) is 2.64. The highest BCUT2D eigenvalue weighted by atomic mass is 35.5. The second-order valence-corrected chi connectivity index (χ2v) is 5.59. The lowest BCUT2D eigenvalue weighted by Gasteiger charge is -2.51. The molecule has 1 fully saturated rings. The molecule has 5 nitrogen and oxygen atoms in total. The van der Waals surface area contributed by atoms with Gasteiger partial charge in [0.1, 0.15) is 6.61 Å². The summed E-state index contributed by atoms with van der Waals surface area (Å²) in [7, 11) is 0. The summed E-state index contributed by atoms with van der Waals surface area (Å²) in [6, 6.07) is 0.247. The summed E-state index contributed by atoms with van der Waals surface area (Å²) < 4.78 is 11.5. The van der Waals surface area contributed by atoms with Gasteiger partial charge in [-0.1, -0.05) is 0 Å². The lowest BCUT2D eigenvalue weighted by atomic mass is 9.96. The third-order valence-electron chi connectivity index (χ3n) is 3.54. The van der Waals surface area contributed by atoms with E-state index >= 15 is 0 Å². The Hall–Kier alpha value is -1.07. The molecule has 0 N–H and O–H groups in total. The lowest BCUT2D eigenvalue weighted by Crippen LogP contribution is -2.64. The highest BCUT2D eigenvalue weighted by Gasteiger charge is 2.45. The van der Waals surface area contributed by atoms with Crippen molar-refractivity contribution < 1.29 is 9.47 Å². The van der Waals surface area contributed by atoms with Gasteiger partial charge in [-0.2, -0.15) is 4.98 Å². The SMILES string of the molecule is Cc1nc(Cl)nc2c1OC[C@]1(C)COC[C@@H](C)N21. The molecular formula is C12H16ClN3O2. The third kappa shape index (κ3) is 1.65. The maximum atomic E-state index is 5.97. The molecule has 0 bridgehead atoms. The highest BCUT2D eigenvalue weighted by molar-refractivity contribution is 6.28. The van der Waals surface area contributed by atoms with Gasteiger partial charge in [0.05, 0.1) is 30.5 Å². The molecule has 1 saturated heterocycles. The molecule has 3 heterocycles. The molecule has 2 aliphatic heterocycles. The lowest BCUT2D eigenvalue weighted by molar-refractivity contribution is 0.00723. The van der Waals surface area contributed by atoms with Gasteiger partial charge in [-0.3, -0.25) is 0 Å². The van der Waals surface area contributed by atoms with Gasteiger partial charge < -0.3 is 14.4 Å². The van der Waals surface area contributed by atoms with E-state index in [1.165, 1.54) is 0 Å². The van der Waals surface area contributed by atoms with E-state index in [9.17, 15) is 0 Å². The molecule has 0 amide bonds. The summed E-state index contributed by atoms with van der Waals surface area (Å²) in [4.78, 5) is 10.8. The number of halogens is 1. The van der Waals surface area contributed by atoms with E-state index in [1.54, 1.807) is 0 Å². The van der Waals surface area contributed by atoms with Crippen LogP contribution >= 0.6 is 11.6 Å². The molecule has 18 heavy (non-hydrogen) atoms. The first-order chi connectivity index (χ1) is 8.51. The van der Waals surface area contributed by atoms with Gasteiger partial charge in [-0.15, -0.1) is 0 Å². The molecule has 0 aromatic carbocycles. The van der Waals surface area contributed by atoms with E-state index in [0.29, 0.717) is 19.8 Å². The minimum Gasteiger partial charge on any atom is -0.485 e. The van der Waals surface area contributed by atoms with Gasteiger partial charge >= 0.3 is 0 Å². The first-order valence-corrected chi connectivity index (χ1v) is 6.43. The largest absolute Gasteiger partial charge is 0.485 e. The zero-order valence-corrected chi connectivity index (χ0v) is 11.5. The average molecular weight is 270 g/mol. The van der Waals surface area contributed by atoms with Gasteiger partial charge in [0.2, 0.25) is 5.28 Å². The van der Waals surface area contributed by atoms with Crippen molar-refractivity contribution in [3.05, 3.63) is 11.0 Å². The topological polar surface area (TPSA) is 47.5 Å². The smallest absolute Gasteiger partial charge is 0.224 e. The highest BCUT2D eigenvalue weighted by Crippen LogP contribution is 2.41. The average Bonchev–Trinajstić information content (AvgIpc) is 2.27. The summed E-state index contributed by atoms with van der Waals surface area (Å²) in [5.74, 6) is 1.53. The van der Waals surface area contributed by atoms with Crippen LogP contribution < -0.4 is 9.64 Å². The van der Waals surface area contributed by atoms with Crippen LogP contribution in [0.25, 0.3) is 0 Å².